The Morgan fingerprint density at radius 2 is 2.10 bits per heavy atom. The van der Waals surface area contributed by atoms with Gasteiger partial charge >= 0.3 is 11.8 Å². The Kier molecular flexibility index (Phi) is 6.20. The fourth-order valence-electron chi connectivity index (χ4n) is 2.56. The van der Waals surface area contributed by atoms with E-state index in [1.165, 1.54) is 6.42 Å². The largest absolute Gasteiger partial charge is 0.375 e. The molecule has 2 rings (SSSR count). The van der Waals surface area contributed by atoms with Crippen LogP contribution < -0.4 is 10.6 Å². The van der Waals surface area contributed by atoms with Crippen LogP contribution in [-0.4, -0.2) is 31.5 Å². The lowest BCUT2D eigenvalue weighted by atomic mass is 9.95. The van der Waals surface area contributed by atoms with Crippen LogP contribution >= 0.6 is 11.3 Å². The zero-order valence-electron chi connectivity index (χ0n) is 12.3. The molecule has 116 valence electrons. The van der Waals surface area contributed by atoms with Gasteiger partial charge in [-0.2, -0.15) is 11.3 Å². The van der Waals surface area contributed by atoms with Crippen molar-refractivity contribution >= 4 is 23.2 Å². The molecular weight excluding hydrogens is 288 g/mol. The van der Waals surface area contributed by atoms with E-state index in [2.05, 4.69) is 10.6 Å². The second kappa shape index (κ2) is 8.14. The number of nitrogens with one attached hydrogen (secondary N) is 2. The Hall–Kier alpha value is -1.40. The fourth-order valence-corrected chi connectivity index (χ4v) is 3.26. The number of thiophene rings is 1. The molecule has 1 aliphatic carbocycles. The normalized spacial score (nSPS) is 17.2. The summed E-state index contributed by atoms with van der Waals surface area (Å²) in [6.07, 6.45) is 5.17. The molecule has 1 aliphatic rings. The molecule has 1 unspecified atom stereocenters. The monoisotopic (exact) mass is 310 g/mol. The second-order valence-electron chi connectivity index (χ2n) is 5.30. The van der Waals surface area contributed by atoms with Crippen LogP contribution in [0.15, 0.2) is 16.8 Å². The van der Waals surface area contributed by atoms with Gasteiger partial charge in [0.15, 0.2) is 0 Å². The van der Waals surface area contributed by atoms with Crippen LogP contribution in [0.2, 0.25) is 0 Å². The molecule has 0 aliphatic heterocycles. The number of carbonyl (C=O) groups is 2. The maximum atomic E-state index is 11.8. The van der Waals surface area contributed by atoms with E-state index in [9.17, 15) is 9.59 Å². The number of amides is 2. The highest BCUT2D eigenvalue weighted by Crippen LogP contribution is 2.19. The molecule has 6 heteroatoms. The Balaban J connectivity index is 1.76. The van der Waals surface area contributed by atoms with Crippen molar-refractivity contribution in [1.29, 1.82) is 0 Å². The van der Waals surface area contributed by atoms with Crippen molar-refractivity contribution in [3.63, 3.8) is 0 Å². The first kappa shape index (κ1) is 16.0. The molecule has 0 radical (unpaired) electrons. The lowest BCUT2D eigenvalue weighted by Gasteiger charge is -2.22. The first-order valence-corrected chi connectivity index (χ1v) is 8.28. The topological polar surface area (TPSA) is 67.4 Å². The molecule has 0 spiro atoms. The molecule has 2 amide bonds. The third-order valence-electron chi connectivity index (χ3n) is 3.79. The molecule has 0 saturated heterocycles. The quantitative estimate of drug-likeness (QED) is 0.818. The minimum absolute atomic E-state index is 0.145. The summed E-state index contributed by atoms with van der Waals surface area (Å²) >= 11 is 1.58. The van der Waals surface area contributed by atoms with E-state index in [0.29, 0.717) is 6.54 Å². The minimum atomic E-state index is -0.585. The zero-order chi connectivity index (χ0) is 15.1. The Labute approximate surface area is 129 Å². The molecule has 2 N–H and O–H groups in total. The standard InChI is InChI=1S/C15H22N2O3S/c1-20-13(11-7-8-21-10-11)9-16-14(18)15(19)17-12-5-3-2-4-6-12/h7-8,10,12-13H,2-6,9H2,1H3,(H,16,18)(H,17,19). The van der Waals surface area contributed by atoms with E-state index in [-0.39, 0.29) is 12.1 Å². The summed E-state index contributed by atoms with van der Waals surface area (Å²) in [5.74, 6) is -1.13. The van der Waals surface area contributed by atoms with Gasteiger partial charge < -0.3 is 15.4 Å². The minimum Gasteiger partial charge on any atom is -0.375 e. The summed E-state index contributed by atoms with van der Waals surface area (Å²) < 4.78 is 5.34. The summed E-state index contributed by atoms with van der Waals surface area (Å²) in [4.78, 5) is 23.7. The number of hydrogen-bond donors (Lipinski definition) is 2. The molecule has 0 bridgehead atoms. The van der Waals surface area contributed by atoms with E-state index >= 15 is 0 Å². The molecule has 5 nitrogen and oxygen atoms in total. The SMILES string of the molecule is COC(CNC(=O)C(=O)NC1CCCCC1)c1ccsc1. The molecule has 1 heterocycles. The van der Waals surface area contributed by atoms with Crippen LogP contribution in [0.1, 0.15) is 43.8 Å². The summed E-state index contributed by atoms with van der Waals surface area (Å²) in [7, 11) is 1.59. The van der Waals surface area contributed by atoms with Gasteiger partial charge in [0.2, 0.25) is 0 Å². The van der Waals surface area contributed by atoms with Crippen molar-refractivity contribution in [1.82, 2.24) is 10.6 Å². The Bertz CT molecular complexity index is 455. The van der Waals surface area contributed by atoms with Crippen LogP contribution in [0.25, 0.3) is 0 Å². The van der Waals surface area contributed by atoms with E-state index in [4.69, 9.17) is 4.74 Å². The van der Waals surface area contributed by atoms with Crippen LogP contribution in [0.3, 0.4) is 0 Å². The summed E-state index contributed by atoms with van der Waals surface area (Å²) in [5.41, 5.74) is 1.01. The predicted molar refractivity (Wildman–Crippen MR) is 82.1 cm³/mol. The van der Waals surface area contributed by atoms with Crippen molar-refractivity contribution in [2.24, 2.45) is 0 Å². The lowest BCUT2D eigenvalue weighted by molar-refractivity contribution is -0.140. The number of rotatable bonds is 5. The number of hydrogen-bond acceptors (Lipinski definition) is 4. The van der Waals surface area contributed by atoms with Crippen molar-refractivity contribution < 1.29 is 14.3 Å². The number of ether oxygens (including phenoxy) is 1. The van der Waals surface area contributed by atoms with Crippen molar-refractivity contribution in [2.45, 2.75) is 44.2 Å². The van der Waals surface area contributed by atoms with Crippen molar-refractivity contribution in [3.05, 3.63) is 22.4 Å². The summed E-state index contributed by atoms with van der Waals surface area (Å²) in [5, 5.41) is 9.38. The number of carbonyl (C=O) groups excluding carboxylic acids is 2. The maximum absolute atomic E-state index is 11.8. The highest BCUT2D eigenvalue weighted by atomic mass is 32.1. The summed E-state index contributed by atoms with van der Waals surface area (Å²) in [6.45, 7) is 0.296. The highest BCUT2D eigenvalue weighted by molar-refractivity contribution is 7.07. The smallest absolute Gasteiger partial charge is 0.309 e. The third-order valence-corrected chi connectivity index (χ3v) is 4.50. The third kappa shape index (κ3) is 4.82. The van der Waals surface area contributed by atoms with Gasteiger partial charge in [-0.3, -0.25) is 9.59 Å². The molecule has 1 fully saturated rings. The molecule has 1 saturated carbocycles. The van der Waals surface area contributed by atoms with Crippen LogP contribution in [0, 0.1) is 0 Å². The van der Waals surface area contributed by atoms with Crippen LogP contribution in [0.5, 0.6) is 0 Å². The van der Waals surface area contributed by atoms with Gasteiger partial charge in [0.25, 0.3) is 0 Å². The molecular formula is C15H22N2O3S. The van der Waals surface area contributed by atoms with Gasteiger partial charge in [0.05, 0.1) is 0 Å². The lowest BCUT2D eigenvalue weighted by Crippen LogP contribution is -2.46. The maximum Gasteiger partial charge on any atom is 0.309 e. The van der Waals surface area contributed by atoms with Gasteiger partial charge in [-0.05, 0) is 35.2 Å². The average Bonchev–Trinajstić information content (AvgIpc) is 3.03. The molecule has 21 heavy (non-hydrogen) atoms. The molecule has 1 atom stereocenters. The summed E-state index contributed by atoms with van der Waals surface area (Å²) in [6, 6.07) is 2.10. The van der Waals surface area contributed by atoms with E-state index < -0.39 is 11.8 Å². The first-order valence-electron chi connectivity index (χ1n) is 7.34. The van der Waals surface area contributed by atoms with E-state index in [1.54, 1.807) is 18.4 Å². The van der Waals surface area contributed by atoms with Gasteiger partial charge in [0, 0.05) is 19.7 Å². The highest BCUT2D eigenvalue weighted by Gasteiger charge is 2.21. The van der Waals surface area contributed by atoms with Gasteiger partial charge in [-0.15, -0.1) is 0 Å². The second-order valence-corrected chi connectivity index (χ2v) is 6.08. The average molecular weight is 310 g/mol. The van der Waals surface area contributed by atoms with Gasteiger partial charge in [-0.1, -0.05) is 19.3 Å². The van der Waals surface area contributed by atoms with Crippen LogP contribution in [-0.2, 0) is 14.3 Å². The molecule has 0 aromatic carbocycles. The fraction of sp³-hybridized carbons (Fsp3) is 0.600. The van der Waals surface area contributed by atoms with E-state index in [1.807, 2.05) is 16.8 Å². The predicted octanol–water partition coefficient (Wildman–Crippen LogP) is 2.00. The number of methoxy groups -OCH3 is 1. The zero-order valence-corrected chi connectivity index (χ0v) is 13.1. The van der Waals surface area contributed by atoms with Gasteiger partial charge in [-0.25, -0.2) is 0 Å². The molecule has 1 aromatic heterocycles. The van der Waals surface area contributed by atoms with Crippen LogP contribution in [0.4, 0.5) is 0 Å². The Morgan fingerprint density at radius 3 is 2.71 bits per heavy atom. The molecule has 1 aromatic rings. The van der Waals surface area contributed by atoms with Crippen molar-refractivity contribution in [3.8, 4) is 0 Å². The Morgan fingerprint density at radius 1 is 1.33 bits per heavy atom. The van der Waals surface area contributed by atoms with Crippen molar-refractivity contribution in [2.75, 3.05) is 13.7 Å². The first-order chi connectivity index (χ1) is 10.2. The van der Waals surface area contributed by atoms with Gasteiger partial charge in [0.1, 0.15) is 6.10 Å². The van der Waals surface area contributed by atoms with E-state index in [0.717, 1.165) is 31.2 Å².